The lowest BCUT2D eigenvalue weighted by atomic mass is 9.91. The van der Waals surface area contributed by atoms with Crippen molar-refractivity contribution >= 4 is 27.7 Å². The summed E-state index contributed by atoms with van der Waals surface area (Å²) in [5, 5.41) is 13.2. The molecule has 0 aliphatic heterocycles. The standard InChI is InChI=1S/C16H26BrNOS/c1-3-11-18-16(4-2,13-19)10-7-12-20-15-9-6-5-8-14(15)17/h5-6,8-9,18-19H,3-4,7,10-13H2,1-2H3. The summed E-state index contributed by atoms with van der Waals surface area (Å²) in [5.41, 5.74) is -0.0928. The number of benzene rings is 1. The van der Waals surface area contributed by atoms with E-state index in [0.29, 0.717) is 0 Å². The van der Waals surface area contributed by atoms with Gasteiger partial charge in [-0.25, -0.2) is 0 Å². The molecular weight excluding hydrogens is 334 g/mol. The van der Waals surface area contributed by atoms with Crippen LogP contribution >= 0.6 is 27.7 Å². The first-order chi connectivity index (χ1) is 9.67. The highest BCUT2D eigenvalue weighted by Crippen LogP contribution is 2.28. The van der Waals surface area contributed by atoms with Gasteiger partial charge in [-0.05, 0) is 66.0 Å². The molecule has 1 aromatic carbocycles. The van der Waals surface area contributed by atoms with E-state index in [4.69, 9.17) is 0 Å². The van der Waals surface area contributed by atoms with Gasteiger partial charge in [-0.15, -0.1) is 11.8 Å². The second-order valence-corrected chi connectivity index (χ2v) is 7.09. The number of halogens is 1. The molecule has 2 N–H and O–H groups in total. The fourth-order valence-corrected chi connectivity index (χ4v) is 3.70. The first-order valence-corrected chi connectivity index (χ1v) is 9.18. The van der Waals surface area contributed by atoms with Gasteiger partial charge >= 0.3 is 0 Å². The maximum atomic E-state index is 9.69. The fraction of sp³-hybridized carbons (Fsp3) is 0.625. The van der Waals surface area contributed by atoms with E-state index in [1.807, 2.05) is 17.8 Å². The Morgan fingerprint density at radius 2 is 2.05 bits per heavy atom. The van der Waals surface area contributed by atoms with Crippen LogP contribution in [0.15, 0.2) is 33.6 Å². The molecule has 0 saturated heterocycles. The molecule has 0 amide bonds. The van der Waals surface area contributed by atoms with Crippen LogP contribution in [0.4, 0.5) is 0 Å². The molecule has 20 heavy (non-hydrogen) atoms. The molecule has 0 radical (unpaired) electrons. The zero-order valence-electron chi connectivity index (χ0n) is 12.5. The van der Waals surface area contributed by atoms with Gasteiger partial charge < -0.3 is 10.4 Å². The van der Waals surface area contributed by atoms with E-state index >= 15 is 0 Å². The van der Waals surface area contributed by atoms with Crippen LogP contribution < -0.4 is 5.32 Å². The van der Waals surface area contributed by atoms with Crippen LogP contribution in [0.3, 0.4) is 0 Å². The summed E-state index contributed by atoms with van der Waals surface area (Å²) in [5.74, 6) is 1.08. The third-order valence-corrected chi connectivity index (χ3v) is 5.74. The van der Waals surface area contributed by atoms with Crippen molar-refractivity contribution in [3.8, 4) is 0 Å². The maximum Gasteiger partial charge on any atom is 0.0613 e. The average molecular weight is 360 g/mol. The normalized spacial score (nSPS) is 14.2. The zero-order chi connectivity index (χ0) is 14.8. The molecular formula is C16H26BrNOS. The minimum atomic E-state index is -0.0928. The molecule has 1 atom stereocenters. The summed E-state index contributed by atoms with van der Waals surface area (Å²) in [6, 6.07) is 8.33. The van der Waals surface area contributed by atoms with Gasteiger partial charge in [0.25, 0.3) is 0 Å². The van der Waals surface area contributed by atoms with E-state index in [0.717, 1.165) is 42.5 Å². The molecule has 1 rings (SSSR count). The van der Waals surface area contributed by atoms with Crippen LogP contribution in [-0.2, 0) is 0 Å². The van der Waals surface area contributed by atoms with Gasteiger partial charge in [0.05, 0.1) is 6.61 Å². The molecule has 0 aliphatic carbocycles. The topological polar surface area (TPSA) is 32.3 Å². The predicted octanol–water partition coefficient (Wildman–Crippen LogP) is 4.46. The van der Waals surface area contributed by atoms with E-state index in [2.05, 4.69) is 53.3 Å². The third kappa shape index (κ3) is 5.76. The Balaban J connectivity index is 2.39. The zero-order valence-corrected chi connectivity index (χ0v) is 14.9. The van der Waals surface area contributed by atoms with Crippen molar-refractivity contribution in [3.05, 3.63) is 28.7 Å². The van der Waals surface area contributed by atoms with Crippen molar-refractivity contribution in [2.75, 3.05) is 18.9 Å². The summed E-state index contributed by atoms with van der Waals surface area (Å²) in [6.45, 7) is 5.52. The monoisotopic (exact) mass is 359 g/mol. The number of thioether (sulfide) groups is 1. The molecule has 0 spiro atoms. The molecule has 2 nitrogen and oxygen atoms in total. The summed E-state index contributed by atoms with van der Waals surface area (Å²) in [4.78, 5) is 1.29. The SMILES string of the molecule is CCCNC(CC)(CO)CCCSc1ccccc1Br. The van der Waals surface area contributed by atoms with Crippen molar-refractivity contribution in [2.45, 2.75) is 50.0 Å². The minimum Gasteiger partial charge on any atom is -0.394 e. The number of hydrogen-bond acceptors (Lipinski definition) is 3. The Kier molecular flexibility index (Phi) is 8.85. The highest BCUT2D eigenvalue weighted by Gasteiger charge is 2.25. The van der Waals surface area contributed by atoms with Gasteiger partial charge in [0.1, 0.15) is 0 Å². The van der Waals surface area contributed by atoms with Gasteiger partial charge in [0, 0.05) is 14.9 Å². The largest absolute Gasteiger partial charge is 0.394 e. The van der Waals surface area contributed by atoms with Crippen LogP contribution in [-0.4, -0.2) is 29.5 Å². The van der Waals surface area contributed by atoms with Crippen LogP contribution in [0.1, 0.15) is 39.5 Å². The Bertz CT molecular complexity index is 382. The average Bonchev–Trinajstić information content (AvgIpc) is 2.49. The van der Waals surface area contributed by atoms with E-state index in [1.165, 1.54) is 4.90 Å². The summed E-state index contributed by atoms with van der Waals surface area (Å²) >= 11 is 5.45. The minimum absolute atomic E-state index is 0.0928. The molecule has 1 aromatic rings. The van der Waals surface area contributed by atoms with Crippen molar-refractivity contribution in [1.29, 1.82) is 0 Å². The van der Waals surface area contributed by atoms with Crippen LogP contribution in [0, 0.1) is 0 Å². The van der Waals surface area contributed by atoms with Gasteiger partial charge in [0.15, 0.2) is 0 Å². The first kappa shape index (κ1) is 18.0. The molecule has 0 fully saturated rings. The third-order valence-electron chi connectivity index (χ3n) is 3.62. The van der Waals surface area contributed by atoms with Crippen molar-refractivity contribution in [2.24, 2.45) is 0 Å². The number of nitrogens with one attached hydrogen (secondary N) is 1. The quantitative estimate of drug-likeness (QED) is 0.477. The Morgan fingerprint density at radius 3 is 2.65 bits per heavy atom. The molecule has 0 aromatic heterocycles. The Morgan fingerprint density at radius 1 is 1.30 bits per heavy atom. The van der Waals surface area contributed by atoms with E-state index in [1.54, 1.807) is 0 Å². The summed E-state index contributed by atoms with van der Waals surface area (Å²) < 4.78 is 1.16. The van der Waals surface area contributed by atoms with Gasteiger partial charge in [-0.3, -0.25) is 0 Å². The summed E-state index contributed by atoms with van der Waals surface area (Å²) in [7, 11) is 0. The van der Waals surface area contributed by atoms with Gasteiger partial charge in [0.2, 0.25) is 0 Å². The number of hydrogen-bond donors (Lipinski definition) is 2. The Labute approximate surface area is 135 Å². The van der Waals surface area contributed by atoms with Crippen molar-refractivity contribution in [3.63, 3.8) is 0 Å². The van der Waals surface area contributed by atoms with Crippen LogP contribution in [0.2, 0.25) is 0 Å². The van der Waals surface area contributed by atoms with Crippen LogP contribution in [0.25, 0.3) is 0 Å². The molecule has 0 heterocycles. The smallest absolute Gasteiger partial charge is 0.0613 e. The second kappa shape index (κ2) is 9.82. The fourth-order valence-electron chi connectivity index (χ4n) is 2.18. The summed E-state index contributed by atoms with van der Waals surface area (Å²) in [6.07, 6.45) is 4.21. The Hall–Kier alpha value is -0.0300. The highest BCUT2D eigenvalue weighted by molar-refractivity contribution is 9.10. The lowest BCUT2D eigenvalue weighted by Crippen LogP contribution is -2.48. The molecule has 0 bridgehead atoms. The molecule has 114 valence electrons. The lowest BCUT2D eigenvalue weighted by molar-refractivity contribution is 0.146. The maximum absolute atomic E-state index is 9.69. The van der Waals surface area contributed by atoms with E-state index < -0.39 is 0 Å². The molecule has 0 saturated carbocycles. The molecule has 4 heteroatoms. The highest BCUT2D eigenvalue weighted by atomic mass is 79.9. The predicted molar refractivity (Wildman–Crippen MR) is 92.5 cm³/mol. The van der Waals surface area contributed by atoms with E-state index in [9.17, 15) is 5.11 Å². The van der Waals surface area contributed by atoms with Gasteiger partial charge in [-0.2, -0.15) is 0 Å². The number of aliphatic hydroxyl groups excluding tert-OH is 1. The van der Waals surface area contributed by atoms with Crippen molar-refractivity contribution in [1.82, 2.24) is 5.32 Å². The first-order valence-electron chi connectivity index (χ1n) is 7.40. The van der Waals surface area contributed by atoms with Crippen molar-refractivity contribution < 1.29 is 5.11 Å². The van der Waals surface area contributed by atoms with E-state index in [-0.39, 0.29) is 12.1 Å². The van der Waals surface area contributed by atoms with Crippen LogP contribution in [0.5, 0.6) is 0 Å². The lowest BCUT2D eigenvalue weighted by Gasteiger charge is -2.32. The molecule has 0 aliphatic rings. The number of aliphatic hydroxyl groups is 1. The second-order valence-electron chi connectivity index (χ2n) is 5.10. The molecule has 1 unspecified atom stereocenters. The van der Waals surface area contributed by atoms with Gasteiger partial charge in [-0.1, -0.05) is 26.0 Å². The number of rotatable bonds is 10.